The lowest BCUT2D eigenvalue weighted by molar-refractivity contribution is -0.144. The third-order valence-electron chi connectivity index (χ3n) is 2.45. The molecular weight excluding hydrogens is 272 g/mol. The number of esters is 1. The topological polar surface area (TPSA) is 119 Å². The van der Waals surface area contributed by atoms with Gasteiger partial charge in [0.15, 0.2) is 0 Å². The van der Waals surface area contributed by atoms with Gasteiger partial charge in [-0.2, -0.15) is 11.8 Å². The van der Waals surface area contributed by atoms with Crippen molar-refractivity contribution >= 4 is 29.6 Å². The first-order valence-electron chi connectivity index (χ1n) is 5.76. The fourth-order valence-corrected chi connectivity index (χ4v) is 1.77. The van der Waals surface area contributed by atoms with Gasteiger partial charge in [-0.25, -0.2) is 4.79 Å². The summed E-state index contributed by atoms with van der Waals surface area (Å²) < 4.78 is 4.41. The number of nitrogens with two attached hydrogens (primary N) is 1. The highest BCUT2D eigenvalue weighted by atomic mass is 32.2. The number of hydrogen-bond donors (Lipinski definition) is 3. The van der Waals surface area contributed by atoms with Gasteiger partial charge in [-0.3, -0.25) is 9.59 Å². The number of thioether (sulfide) groups is 1. The van der Waals surface area contributed by atoms with E-state index in [1.54, 1.807) is 11.8 Å². The Morgan fingerprint density at radius 2 is 2.00 bits per heavy atom. The first-order valence-corrected chi connectivity index (χ1v) is 7.16. The summed E-state index contributed by atoms with van der Waals surface area (Å²) in [5, 5.41) is 11.3. The van der Waals surface area contributed by atoms with Crippen molar-refractivity contribution in [3.63, 3.8) is 0 Å². The number of ether oxygens (including phenoxy) is 1. The summed E-state index contributed by atoms with van der Waals surface area (Å²) in [7, 11) is 1.22. The zero-order valence-corrected chi connectivity index (χ0v) is 11.9. The Kier molecular flexibility index (Phi) is 8.98. The predicted octanol–water partition coefficient (Wildman–Crippen LogP) is -0.411. The predicted molar refractivity (Wildman–Crippen MR) is 71.8 cm³/mol. The molecule has 0 saturated carbocycles. The number of rotatable bonds is 9. The summed E-state index contributed by atoms with van der Waals surface area (Å²) in [5.74, 6) is -1.53. The lowest BCUT2D eigenvalue weighted by Gasteiger charge is -2.17. The third-order valence-corrected chi connectivity index (χ3v) is 3.09. The highest BCUT2D eigenvalue weighted by Crippen LogP contribution is 2.02. The minimum atomic E-state index is -1.20. The molecule has 0 saturated heterocycles. The fraction of sp³-hybridized carbons (Fsp3) is 0.727. The maximum Gasteiger partial charge on any atom is 0.326 e. The van der Waals surface area contributed by atoms with Gasteiger partial charge in [0, 0.05) is 6.42 Å². The van der Waals surface area contributed by atoms with Crippen LogP contribution in [0.3, 0.4) is 0 Å². The number of carboxylic acids is 1. The summed E-state index contributed by atoms with van der Waals surface area (Å²) in [4.78, 5) is 33.6. The van der Waals surface area contributed by atoms with Crippen molar-refractivity contribution in [3.05, 3.63) is 0 Å². The van der Waals surface area contributed by atoms with Crippen molar-refractivity contribution in [3.8, 4) is 0 Å². The van der Waals surface area contributed by atoms with Crippen molar-refractivity contribution in [2.24, 2.45) is 5.73 Å². The molecule has 4 N–H and O–H groups in total. The molecule has 0 unspecified atom stereocenters. The van der Waals surface area contributed by atoms with Crippen molar-refractivity contribution in [1.82, 2.24) is 5.32 Å². The molecule has 0 radical (unpaired) electrons. The Balaban J connectivity index is 4.29. The van der Waals surface area contributed by atoms with Crippen LogP contribution in [0.1, 0.15) is 19.3 Å². The summed E-state index contributed by atoms with van der Waals surface area (Å²) in [6, 6.07) is -1.88. The van der Waals surface area contributed by atoms with E-state index in [4.69, 9.17) is 10.8 Å². The maximum absolute atomic E-state index is 11.7. The van der Waals surface area contributed by atoms with Crippen LogP contribution in [-0.2, 0) is 19.1 Å². The Bertz CT molecular complexity index is 324. The molecule has 0 rings (SSSR count). The Morgan fingerprint density at radius 3 is 2.47 bits per heavy atom. The van der Waals surface area contributed by atoms with Crippen LogP contribution in [0, 0.1) is 0 Å². The average molecular weight is 292 g/mol. The second-order valence-corrected chi connectivity index (χ2v) is 4.89. The van der Waals surface area contributed by atoms with Crippen LogP contribution in [0.25, 0.3) is 0 Å². The lowest BCUT2D eigenvalue weighted by atomic mass is 10.1. The van der Waals surface area contributed by atoms with Gasteiger partial charge in [0.1, 0.15) is 6.04 Å². The van der Waals surface area contributed by atoms with Crippen LogP contribution in [0.5, 0.6) is 0 Å². The molecule has 0 spiro atoms. The van der Waals surface area contributed by atoms with Crippen molar-refractivity contribution in [2.45, 2.75) is 31.3 Å². The minimum absolute atomic E-state index is 0.0248. The van der Waals surface area contributed by atoms with Gasteiger partial charge >= 0.3 is 11.9 Å². The smallest absolute Gasteiger partial charge is 0.326 e. The van der Waals surface area contributed by atoms with Gasteiger partial charge in [-0.05, 0) is 24.9 Å². The van der Waals surface area contributed by atoms with Gasteiger partial charge in [0.05, 0.1) is 13.2 Å². The second kappa shape index (κ2) is 9.62. The molecule has 0 aliphatic rings. The molecule has 0 aromatic rings. The summed E-state index contributed by atoms with van der Waals surface area (Å²) in [6.07, 6.45) is 2.26. The average Bonchev–Trinajstić information content (AvgIpc) is 2.39. The Hall–Kier alpha value is -1.28. The van der Waals surface area contributed by atoms with E-state index in [2.05, 4.69) is 10.1 Å². The zero-order chi connectivity index (χ0) is 14.8. The summed E-state index contributed by atoms with van der Waals surface area (Å²) >= 11 is 1.55. The molecule has 7 nitrogen and oxygen atoms in total. The molecule has 8 heteroatoms. The second-order valence-electron chi connectivity index (χ2n) is 3.90. The van der Waals surface area contributed by atoms with Gasteiger partial charge in [0.2, 0.25) is 5.91 Å². The molecular formula is C11H20N2O5S. The largest absolute Gasteiger partial charge is 0.480 e. The third kappa shape index (κ3) is 7.68. The van der Waals surface area contributed by atoms with Crippen LogP contribution in [0.15, 0.2) is 0 Å². The number of nitrogens with one attached hydrogen (secondary N) is 1. The van der Waals surface area contributed by atoms with Crippen LogP contribution < -0.4 is 11.1 Å². The number of hydrogen-bond acceptors (Lipinski definition) is 6. The molecule has 0 aromatic carbocycles. The molecule has 0 fully saturated rings. The number of methoxy groups -OCH3 is 1. The molecule has 110 valence electrons. The SMILES string of the molecule is COC(=O)CC[C@@H](NC(=O)[C@@H](N)CCSC)C(=O)O. The van der Waals surface area contributed by atoms with E-state index < -0.39 is 29.9 Å². The standard InChI is InChI=1S/C11H20N2O5S/c1-18-9(14)4-3-8(11(16)17)13-10(15)7(12)5-6-19-2/h7-8H,3-6,12H2,1-2H3,(H,13,15)(H,16,17)/t7-,8+/m0/s1. The maximum atomic E-state index is 11.7. The quantitative estimate of drug-likeness (QED) is 0.494. The van der Waals surface area contributed by atoms with E-state index in [0.29, 0.717) is 12.2 Å². The van der Waals surface area contributed by atoms with Gasteiger partial charge < -0.3 is 20.9 Å². The lowest BCUT2D eigenvalue weighted by Crippen LogP contribution is -2.48. The minimum Gasteiger partial charge on any atom is -0.480 e. The normalized spacial score (nSPS) is 13.4. The Morgan fingerprint density at radius 1 is 1.37 bits per heavy atom. The summed E-state index contributed by atoms with van der Waals surface area (Å²) in [6.45, 7) is 0. The number of carboxylic acid groups (broad SMARTS) is 1. The number of carbonyl (C=O) groups excluding carboxylic acids is 2. The van der Waals surface area contributed by atoms with E-state index in [1.165, 1.54) is 7.11 Å². The van der Waals surface area contributed by atoms with Crippen LogP contribution in [0.4, 0.5) is 0 Å². The highest BCUT2D eigenvalue weighted by molar-refractivity contribution is 7.98. The van der Waals surface area contributed by atoms with E-state index in [1.807, 2.05) is 6.26 Å². The molecule has 2 atom stereocenters. The highest BCUT2D eigenvalue weighted by Gasteiger charge is 2.23. The van der Waals surface area contributed by atoms with E-state index in [0.717, 1.165) is 0 Å². The first-order chi connectivity index (χ1) is 8.92. The monoisotopic (exact) mass is 292 g/mol. The molecule has 0 bridgehead atoms. The van der Waals surface area contributed by atoms with E-state index in [-0.39, 0.29) is 12.8 Å². The molecule has 19 heavy (non-hydrogen) atoms. The zero-order valence-electron chi connectivity index (χ0n) is 11.0. The number of amides is 1. The fourth-order valence-electron chi connectivity index (χ4n) is 1.28. The Labute approximate surface area is 116 Å². The molecule has 0 aliphatic heterocycles. The molecule has 0 heterocycles. The van der Waals surface area contributed by atoms with Crippen molar-refractivity contribution in [1.29, 1.82) is 0 Å². The van der Waals surface area contributed by atoms with Gasteiger partial charge in [0.25, 0.3) is 0 Å². The van der Waals surface area contributed by atoms with E-state index in [9.17, 15) is 14.4 Å². The summed E-state index contributed by atoms with van der Waals surface area (Å²) in [5.41, 5.74) is 5.62. The van der Waals surface area contributed by atoms with Crippen LogP contribution >= 0.6 is 11.8 Å². The molecule has 0 aromatic heterocycles. The van der Waals surface area contributed by atoms with Crippen LogP contribution in [0.2, 0.25) is 0 Å². The first kappa shape index (κ1) is 17.7. The van der Waals surface area contributed by atoms with Gasteiger partial charge in [-0.15, -0.1) is 0 Å². The van der Waals surface area contributed by atoms with Crippen molar-refractivity contribution in [2.75, 3.05) is 19.1 Å². The molecule has 0 aliphatic carbocycles. The molecule has 1 amide bonds. The number of aliphatic carboxylic acids is 1. The van der Waals surface area contributed by atoms with Gasteiger partial charge in [-0.1, -0.05) is 0 Å². The van der Waals surface area contributed by atoms with E-state index >= 15 is 0 Å². The number of carbonyl (C=O) groups is 3. The van der Waals surface area contributed by atoms with Crippen LogP contribution in [-0.4, -0.2) is 54.2 Å². The van der Waals surface area contributed by atoms with Crippen molar-refractivity contribution < 1.29 is 24.2 Å².